The van der Waals surface area contributed by atoms with Crippen LogP contribution in [0.2, 0.25) is 0 Å². The first-order valence-corrected chi connectivity index (χ1v) is 11.9. The predicted molar refractivity (Wildman–Crippen MR) is 140 cm³/mol. The van der Waals surface area contributed by atoms with Crippen molar-refractivity contribution in [2.45, 2.75) is 59.9 Å². The molecule has 1 aromatic heterocycles. The molecule has 0 N–H and O–H groups in total. The maximum atomic E-state index is 8.19. The second-order valence-corrected chi connectivity index (χ2v) is 9.66. The molecule has 0 amide bonds. The summed E-state index contributed by atoms with van der Waals surface area (Å²) >= 11 is 0. The lowest BCUT2D eigenvalue weighted by Crippen LogP contribution is -2.29. The molecule has 0 aliphatic rings. The Morgan fingerprint density at radius 1 is 0.848 bits per heavy atom. The van der Waals surface area contributed by atoms with Crippen molar-refractivity contribution in [3.05, 3.63) is 101 Å². The summed E-state index contributed by atoms with van der Waals surface area (Å²) in [4.78, 5) is 0. The topological polar surface area (TPSA) is 8.81 Å². The van der Waals surface area contributed by atoms with E-state index in [2.05, 4.69) is 80.5 Å². The zero-order chi connectivity index (χ0) is 26.2. The SMILES string of the molecule is [2H]C([2H])([2H])c1cc(C)c(-c2n(Cc3c(C(C)C)cccc3C(C)C)cc[n+]2C)cc1-c1ccccc1. The van der Waals surface area contributed by atoms with Gasteiger partial charge in [0.2, 0.25) is 0 Å². The molecule has 2 heteroatoms. The number of hydrogen-bond acceptors (Lipinski definition) is 0. The fourth-order valence-corrected chi connectivity index (χ4v) is 4.86. The van der Waals surface area contributed by atoms with Gasteiger partial charge < -0.3 is 0 Å². The van der Waals surface area contributed by atoms with Crippen molar-refractivity contribution in [1.82, 2.24) is 4.57 Å². The van der Waals surface area contributed by atoms with Crippen LogP contribution in [-0.4, -0.2) is 4.57 Å². The molecule has 3 aromatic carbocycles. The first-order chi connectivity index (χ1) is 17.0. The van der Waals surface area contributed by atoms with E-state index in [1.54, 1.807) is 0 Å². The molecule has 0 fully saturated rings. The van der Waals surface area contributed by atoms with Crippen molar-refractivity contribution >= 4 is 0 Å². The molecule has 33 heavy (non-hydrogen) atoms. The molecule has 4 rings (SSSR count). The van der Waals surface area contributed by atoms with Crippen LogP contribution in [0.3, 0.4) is 0 Å². The monoisotopic (exact) mass is 440 g/mol. The highest BCUT2D eigenvalue weighted by atomic mass is 15.1. The lowest BCUT2D eigenvalue weighted by molar-refractivity contribution is -0.659. The molecule has 2 nitrogen and oxygen atoms in total. The second-order valence-electron chi connectivity index (χ2n) is 9.66. The summed E-state index contributed by atoms with van der Waals surface area (Å²) in [6, 6.07) is 20.4. The summed E-state index contributed by atoms with van der Waals surface area (Å²) in [5.74, 6) is 1.92. The Bertz CT molecular complexity index is 1340. The van der Waals surface area contributed by atoms with E-state index in [1.165, 1.54) is 16.7 Å². The van der Waals surface area contributed by atoms with Gasteiger partial charge in [0.15, 0.2) is 0 Å². The lowest BCUT2D eigenvalue weighted by atomic mass is 9.88. The van der Waals surface area contributed by atoms with Crippen LogP contribution in [0.5, 0.6) is 0 Å². The van der Waals surface area contributed by atoms with E-state index in [0.29, 0.717) is 17.4 Å². The highest BCUT2D eigenvalue weighted by Gasteiger charge is 2.23. The van der Waals surface area contributed by atoms with E-state index < -0.39 is 6.85 Å². The maximum Gasteiger partial charge on any atom is 0.289 e. The third-order valence-corrected chi connectivity index (χ3v) is 6.59. The van der Waals surface area contributed by atoms with Crippen LogP contribution in [0.1, 0.15) is 71.5 Å². The van der Waals surface area contributed by atoms with Gasteiger partial charge in [0.25, 0.3) is 5.82 Å². The van der Waals surface area contributed by atoms with Gasteiger partial charge in [0.05, 0.1) is 12.6 Å². The molecule has 1 heterocycles. The first-order valence-electron chi connectivity index (χ1n) is 13.4. The number of benzene rings is 3. The second kappa shape index (κ2) is 9.39. The van der Waals surface area contributed by atoms with Crippen LogP contribution in [0.4, 0.5) is 0 Å². The van der Waals surface area contributed by atoms with Crippen LogP contribution in [-0.2, 0) is 13.6 Å². The fraction of sp³-hybridized carbons (Fsp3) is 0.323. The first kappa shape index (κ1) is 19.3. The Hall–Kier alpha value is -3.13. The van der Waals surface area contributed by atoms with E-state index in [0.717, 1.165) is 34.6 Å². The summed E-state index contributed by atoms with van der Waals surface area (Å²) in [5, 5.41) is 0. The van der Waals surface area contributed by atoms with Gasteiger partial charge in [-0.1, -0.05) is 82.3 Å². The fourth-order valence-electron chi connectivity index (χ4n) is 4.86. The van der Waals surface area contributed by atoms with Crippen molar-refractivity contribution in [1.29, 1.82) is 0 Å². The average Bonchev–Trinajstić information content (AvgIpc) is 3.18. The standard InChI is InChI=1S/C31H37N2/c1-21(2)26-14-11-15-27(22(3)4)30(26)20-33-17-16-32(7)31(33)29-19-28(23(5)18-24(29)6)25-12-9-8-10-13-25/h8-19,21-22H,20H2,1-7H3/q+1/i5D3. The Morgan fingerprint density at radius 2 is 1.52 bits per heavy atom. The minimum Gasteiger partial charge on any atom is -0.233 e. The Labute approximate surface area is 203 Å². The van der Waals surface area contributed by atoms with Gasteiger partial charge in [-0.2, -0.15) is 0 Å². The molecule has 4 aromatic rings. The molecule has 0 unspecified atom stereocenters. The number of imidazole rings is 1. The van der Waals surface area contributed by atoms with Crippen molar-refractivity contribution in [3.63, 3.8) is 0 Å². The van der Waals surface area contributed by atoms with Gasteiger partial charge >= 0.3 is 0 Å². The van der Waals surface area contributed by atoms with Crippen LogP contribution >= 0.6 is 0 Å². The van der Waals surface area contributed by atoms with Crippen molar-refractivity contribution in [2.24, 2.45) is 7.05 Å². The molecule has 0 saturated heterocycles. The van der Waals surface area contributed by atoms with Gasteiger partial charge in [-0.25, -0.2) is 9.13 Å². The van der Waals surface area contributed by atoms with Gasteiger partial charge in [-0.15, -0.1) is 0 Å². The molecule has 0 saturated carbocycles. The van der Waals surface area contributed by atoms with Crippen LogP contribution in [0, 0.1) is 13.8 Å². The predicted octanol–water partition coefficient (Wildman–Crippen LogP) is 7.56. The van der Waals surface area contributed by atoms with Gasteiger partial charge in [0.1, 0.15) is 18.9 Å². The molecular weight excluding hydrogens is 400 g/mol. The maximum absolute atomic E-state index is 8.19. The lowest BCUT2D eigenvalue weighted by Gasteiger charge is -2.19. The van der Waals surface area contributed by atoms with E-state index >= 15 is 0 Å². The third-order valence-electron chi connectivity index (χ3n) is 6.59. The number of rotatable bonds is 6. The highest BCUT2D eigenvalue weighted by molar-refractivity contribution is 5.74. The minimum atomic E-state index is -2.19. The van der Waals surface area contributed by atoms with Crippen LogP contribution in [0.25, 0.3) is 22.5 Å². The van der Waals surface area contributed by atoms with Gasteiger partial charge in [0, 0.05) is 9.68 Å². The normalized spacial score (nSPS) is 13.3. The van der Waals surface area contributed by atoms with E-state index in [9.17, 15) is 0 Å². The largest absolute Gasteiger partial charge is 0.289 e. The van der Waals surface area contributed by atoms with E-state index in [4.69, 9.17) is 4.11 Å². The molecule has 0 radical (unpaired) electrons. The Morgan fingerprint density at radius 3 is 2.12 bits per heavy atom. The average molecular weight is 441 g/mol. The molecule has 0 aliphatic carbocycles. The van der Waals surface area contributed by atoms with Crippen molar-refractivity contribution in [3.8, 4) is 22.5 Å². The molecule has 0 bridgehead atoms. The number of nitrogens with zero attached hydrogens (tertiary/aromatic N) is 2. The zero-order valence-corrected chi connectivity index (χ0v) is 20.7. The summed E-state index contributed by atoms with van der Waals surface area (Å²) in [6.45, 7) is 9.60. The smallest absolute Gasteiger partial charge is 0.233 e. The van der Waals surface area contributed by atoms with E-state index in [1.807, 2.05) is 43.3 Å². The van der Waals surface area contributed by atoms with Crippen LogP contribution in [0.15, 0.2) is 73.1 Å². The quantitative estimate of drug-likeness (QED) is 0.274. The molecule has 0 aliphatic heterocycles. The summed E-state index contributed by atoms with van der Waals surface area (Å²) < 4.78 is 29.0. The number of hydrogen-bond donors (Lipinski definition) is 0. The number of aromatic nitrogens is 2. The highest BCUT2D eigenvalue weighted by Crippen LogP contribution is 2.33. The van der Waals surface area contributed by atoms with Crippen LogP contribution < -0.4 is 4.57 Å². The minimum absolute atomic E-state index is 0.392. The summed E-state index contributed by atoms with van der Waals surface area (Å²) in [5.41, 5.74) is 8.20. The van der Waals surface area contributed by atoms with Crippen molar-refractivity contribution < 1.29 is 8.68 Å². The summed E-state index contributed by atoms with van der Waals surface area (Å²) in [7, 11) is 2.06. The Balaban J connectivity index is 1.92. The van der Waals surface area contributed by atoms with Gasteiger partial charge in [-0.3, -0.25) is 0 Å². The summed E-state index contributed by atoms with van der Waals surface area (Å²) in [6.07, 6.45) is 4.22. The van der Waals surface area contributed by atoms with Gasteiger partial charge in [-0.05, 0) is 65.1 Å². The molecule has 0 spiro atoms. The zero-order valence-electron chi connectivity index (χ0n) is 23.7. The molecule has 170 valence electrons. The number of aryl methyl sites for hydroxylation is 3. The molecule has 0 atom stereocenters. The van der Waals surface area contributed by atoms with E-state index in [-0.39, 0.29) is 0 Å². The van der Waals surface area contributed by atoms with Crippen molar-refractivity contribution in [2.75, 3.05) is 0 Å². The Kier molecular flexibility index (Phi) is 5.51. The third kappa shape index (κ3) is 4.53. The molecular formula is C31H37N2+.